The Morgan fingerprint density at radius 2 is 2.06 bits per heavy atom. The molecule has 0 radical (unpaired) electrons. The number of rotatable bonds is 11. The largest absolute Gasteiger partial charge is 0.379 e. The second kappa shape index (κ2) is 11.0. The average molecular weight is 243 g/mol. The van der Waals surface area contributed by atoms with Gasteiger partial charge < -0.3 is 14.8 Å². The summed E-state index contributed by atoms with van der Waals surface area (Å²) >= 11 is 0. The molecule has 3 heteroatoms. The number of unbranched alkanes of at least 4 members (excludes halogenated alkanes) is 3. The fourth-order valence-electron chi connectivity index (χ4n) is 2.09. The molecule has 1 rings (SSSR count). The van der Waals surface area contributed by atoms with Crippen molar-refractivity contribution in [1.29, 1.82) is 0 Å². The van der Waals surface area contributed by atoms with Crippen molar-refractivity contribution in [3.05, 3.63) is 0 Å². The average Bonchev–Trinajstić information content (AvgIpc) is 2.85. The van der Waals surface area contributed by atoms with Gasteiger partial charge in [0.2, 0.25) is 0 Å². The third-order valence-corrected chi connectivity index (χ3v) is 3.18. The fraction of sp³-hybridized carbons (Fsp3) is 1.00. The van der Waals surface area contributed by atoms with E-state index >= 15 is 0 Å². The summed E-state index contributed by atoms with van der Waals surface area (Å²) in [6.45, 7) is 7.06. The summed E-state index contributed by atoms with van der Waals surface area (Å²) in [5.74, 6) is 0. The summed E-state index contributed by atoms with van der Waals surface area (Å²) in [5, 5.41) is 3.46. The SMILES string of the molecule is CCCCCCNCCCOCC1CCCO1. The van der Waals surface area contributed by atoms with Gasteiger partial charge in [-0.2, -0.15) is 0 Å². The van der Waals surface area contributed by atoms with E-state index in [2.05, 4.69) is 12.2 Å². The molecule has 1 saturated heterocycles. The molecular formula is C14H29NO2. The van der Waals surface area contributed by atoms with Crippen LogP contribution in [0.5, 0.6) is 0 Å². The van der Waals surface area contributed by atoms with Crippen LogP contribution in [0.4, 0.5) is 0 Å². The van der Waals surface area contributed by atoms with Crippen LogP contribution in [-0.4, -0.2) is 39.0 Å². The molecule has 3 nitrogen and oxygen atoms in total. The van der Waals surface area contributed by atoms with E-state index in [1.807, 2.05) is 0 Å². The van der Waals surface area contributed by atoms with Gasteiger partial charge >= 0.3 is 0 Å². The second-order valence-corrected chi connectivity index (χ2v) is 4.87. The first kappa shape index (κ1) is 14.9. The molecule has 1 fully saturated rings. The standard InChI is InChI=1S/C14H29NO2/c1-2-3-4-5-9-15-10-7-11-16-13-14-8-6-12-17-14/h14-15H,2-13H2,1H3. The lowest BCUT2D eigenvalue weighted by Gasteiger charge is -2.10. The van der Waals surface area contributed by atoms with Gasteiger partial charge in [0.1, 0.15) is 0 Å². The number of hydrogen-bond donors (Lipinski definition) is 1. The van der Waals surface area contributed by atoms with E-state index in [0.717, 1.165) is 39.3 Å². The molecule has 1 N–H and O–H groups in total. The molecule has 0 aromatic heterocycles. The van der Waals surface area contributed by atoms with Crippen LogP contribution in [0.15, 0.2) is 0 Å². The zero-order chi connectivity index (χ0) is 12.2. The molecule has 1 heterocycles. The maximum atomic E-state index is 5.60. The second-order valence-electron chi connectivity index (χ2n) is 4.87. The zero-order valence-corrected chi connectivity index (χ0v) is 11.4. The highest BCUT2D eigenvalue weighted by atomic mass is 16.5. The van der Waals surface area contributed by atoms with Crippen LogP contribution in [-0.2, 0) is 9.47 Å². The highest BCUT2D eigenvalue weighted by molar-refractivity contribution is 4.63. The topological polar surface area (TPSA) is 30.5 Å². The summed E-state index contributed by atoms with van der Waals surface area (Å²) in [7, 11) is 0. The van der Waals surface area contributed by atoms with Crippen molar-refractivity contribution in [2.75, 3.05) is 32.9 Å². The molecule has 0 bridgehead atoms. The number of nitrogens with one attached hydrogen (secondary N) is 1. The van der Waals surface area contributed by atoms with Gasteiger partial charge in [0.25, 0.3) is 0 Å². The molecular weight excluding hydrogens is 214 g/mol. The van der Waals surface area contributed by atoms with Crippen molar-refractivity contribution in [2.24, 2.45) is 0 Å². The van der Waals surface area contributed by atoms with Crippen molar-refractivity contribution in [1.82, 2.24) is 5.32 Å². The predicted molar refractivity (Wildman–Crippen MR) is 71.4 cm³/mol. The predicted octanol–water partition coefficient (Wildman–Crippen LogP) is 2.74. The first-order chi connectivity index (χ1) is 8.43. The van der Waals surface area contributed by atoms with Crippen LogP contribution >= 0.6 is 0 Å². The molecule has 1 aliphatic rings. The quantitative estimate of drug-likeness (QED) is 0.566. The van der Waals surface area contributed by atoms with Crippen LogP contribution in [0, 0.1) is 0 Å². The van der Waals surface area contributed by atoms with Gasteiger partial charge in [0, 0.05) is 13.2 Å². The van der Waals surface area contributed by atoms with E-state index in [4.69, 9.17) is 9.47 Å². The van der Waals surface area contributed by atoms with Gasteiger partial charge in [-0.15, -0.1) is 0 Å². The van der Waals surface area contributed by atoms with Crippen molar-refractivity contribution in [3.63, 3.8) is 0 Å². The lowest BCUT2D eigenvalue weighted by Crippen LogP contribution is -2.20. The van der Waals surface area contributed by atoms with Crippen LogP contribution < -0.4 is 5.32 Å². The van der Waals surface area contributed by atoms with E-state index in [0.29, 0.717) is 6.10 Å². The van der Waals surface area contributed by atoms with Crippen LogP contribution in [0.1, 0.15) is 51.9 Å². The fourth-order valence-corrected chi connectivity index (χ4v) is 2.09. The van der Waals surface area contributed by atoms with Crippen LogP contribution in [0.3, 0.4) is 0 Å². The Morgan fingerprint density at radius 3 is 2.82 bits per heavy atom. The first-order valence-electron chi connectivity index (χ1n) is 7.33. The normalized spacial score (nSPS) is 19.9. The van der Waals surface area contributed by atoms with Gasteiger partial charge in [-0.1, -0.05) is 26.2 Å². The highest BCUT2D eigenvalue weighted by Gasteiger charge is 2.14. The number of ether oxygens (including phenoxy) is 2. The van der Waals surface area contributed by atoms with E-state index in [1.165, 1.54) is 38.5 Å². The third-order valence-electron chi connectivity index (χ3n) is 3.18. The summed E-state index contributed by atoms with van der Waals surface area (Å²) in [6.07, 6.45) is 9.22. The maximum Gasteiger partial charge on any atom is 0.0809 e. The molecule has 17 heavy (non-hydrogen) atoms. The lowest BCUT2D eigenvalue weighted by molar-refractivity contribution is 0.0166. The summed E-state index contributed by atoms with van der Waals surface area (Å²) in [6, 6.07) is 0. The molecule has 0 aromatic rings. The Labute approximate surface area is 106 Å². The third kappa shape index (κ3) is 8.58. The molecule has 1 unspecified atom stereocenters. The molecule has 0 amide bonds. The molecule has 0 aliphatic carbocycles. The van der Waals surface area contributed by atoms with E-state index < -0.39 is 0 Å². The summed E-state index contributed by atoms with van der Waals surface area (Å²) in [5.41, 5.74) is 0. The zero-order valence-electron chi connectivity index (χ0n) is 11.4. The summed E-state index contributed by atoms with van der Waals surface area (Å²) in [4.78, 5) is 0. The van der Waals surface area contributed by atoms with Crippen molar-refractivity contribution in [2.45, 2.75) is 58.0 Å². The molecule has 0 saturated carbocycles. The molecule has 102 valence electrons. The van der Waals surface area contributed by atoms with Gasteiger partial charge in [-0.25, -0.2) is 0 Å². The Bertz CT molecular complexity index is 158. The Hall–Kier alpha value is -0.120. The van der Waals surface area contributed by atoms with Gasteiger partial charge in [-0.05, 0) is 38.8 Å². The van der Waals surface area contributed by atoms with Crippen molar-refractivity contribution in [3.8, 4) is 0 Å². The molecule has 1 atom stereocenters. The minimum absolute atomic E-state index is 0.372. The van der Waals surface area contributed by atoms with Crippen molar-refractivity contribution < 1.29 is 9.47 Å². The molecule has 0 aromatic carbocycles. The smallest absolute Gasteiger partial charge is 0.0809 e. The minimum Gasteiger partial charge on any atom is -0.379 e. The summed E-state index contributed by atoms with van der Waals surface area (Å²) < 4.78 is 11.1. The van der Waals surface area contributed by atoms with Crippen LogP contribution in [0.2, 0.25) is 0 Å². The van der Waals surface area contributed by atoms with Gasteiger partial charge in [0.15, 0.2) is 0 Å². The lowest BCUT2D eigenvalue weighted by atomic mass is 10.2. The Balaban J connectivity index is 1.69. The van der Waals surface area contributed by atoms with E-state index in [-0.39, 0.29) is 0 Å². The van der Waals surface area contributed by atoms with E-state index in [9.17, 15) is 0 Å². The number of hydrogen-bond acceptors (Lipinski definition) is 3. The Kier molecular flexibility index (Phi) is 9.66. The first-order valence-corrected chi connectivity index (χ1v) is 7.33. The Morgan fingerprint density at radius 1 is 1.18 bits per heavy atom. The minimum atomic E-state index is 0.372. The molecule has 0 spiro atoms. The maximum absolute atomic E-state index is 5.60. The van der Waals surface area contributed by atoms with Gasteiger partial charge in [-0.3, -0.25) is 0 Å². The monoisotopic (exact) mass is 243 g/mol. The molecule has 1 aliphatic heterocycles. The van der Waals surface area contributed by atoms with Crippen molar-refractivity contribution >= 4 is 0 Å². The van der Waals surface area contributed by atoms with E-state index in [1.54, 1.807) is 0 Å². The van der Waals surface area contributed by atoms with Gasteiger partial charge in [0.05, 0.1) is 12.7 Å². The van der Waals surface area contributed by atoms with Crippen LogP contribution in [0.25, 0.3) is 0 Å². The highest BCUT2D eigenvalue weighted by Crippen LogP contribution is 2.11.